The second-order valence-electron chi connectivity index (χ2n) is 4.03. The van der Waals surface area contributed by atoms with Crippen LogP contribution in [-0.4, -0.2) is 27.2 Å². The van der Waals surface area contributed by atoms with Gasteiger partial charge in [-0.2, -0.15) is 4.98 Å². The second kappa shape index (κ2) is 6.35. The van der Waals surface area contributed by atoms with Crippen molar-refractivity contribution in [2.45, 2.75) is 13.5 Å². The number of halogens is 1. The minimum Gasteiger partial charge on any atom is -0.478 e. The lowest BCUT2D eigenvalue weighted by atomic mass is 10.2. The number of urea groups is 1. The molecular weight excluding hydrogens is 344 g/mol. The molecule has 0 aliphatic heterocycles. The first-order valence-electron chi connectivity index (χ1n) is 5.82. The lowest BCUT2D eigenvalue weighted by Gasteiger charge is -2.09. The highest BCUT2D eigenvalue weighted by Gasteiger charge is 2.13. The molecule has 0 saturated heterocycles. The fraction of sp³-hybridized carbons (Fsp3) is 0.167. The fourth-order valence-electron chi connectivity index (χ4n) is 1.54. The summed E-state index contributed by atoms with van der Waals surface area (Å²) in [6, 6.07) is 3.96. The van der Waals surface area contributed by atoms with E-state index in [4.69, 9.17) is 9.63 Å². The van der Waals surface area contributed by atoms with Gasteiger partial charge < -0.3 is 20.3 Å². The van der Waals surface area contributed by atoms with E-state index >= 15 is 0 Å². The van der Waals surface area contributed by atoms with Gasteiger partial charge in [0, 0.05) is 11.4 Å². The molecule has 0 bridgehead atoms. The van der Waals surface area contributed by atoms with Gasteiger partial charge in [-0.25, -0.2) is 9.59 Å². The van der Waals surface area contributed by atoms with E-state index < -0.39 is 12.0 Å². The maximum Gasteiger partial charge on any atom is 0.337 e. The number of aromatic nitrogens is 2. The number of carbonyl (C=O) groups is 2. The summed E-state index contributed by atoms with van der Waals surface area (Å²) in [6.07, 6.45) is 0. The minimum atomic E-state index is -1.14. The van der Waals surface area contributed by atoms with Crippen LogP contribution in [0.3, 0.4) is 0 Å². The number of benzene rings is 1. The normalized spacial score (nSPS) is 10.2. The van der Waals surface area contributed by atoms with Crippen molar-refractivity contribution in [3.05, 3.63) is 40.0 Å². The van der Waals surface area contributed by atoms with E-state index in [0.717, 1.165) is 0 Å². The molecule has 8 nitrogen and oxygen atoms in total. The molecule has 1 aromatic carbocycles. The third-order valence-electron chi connectivity index (χ3n) is 2.44. The molecule has 9 heteroatoms. The first-order chi connectivity index (χ1) is 9.95. The zero-order chi connectivity index (χ0) is 15.4. The summed E-state index contributed by atoms with van der Waals surface area (Å²) in [5.41, 5.74) is 0.169. The number of carbonyl (C=O) groups excluding carboxylic acids is 1. The van der Waals surface area contributed by atoms with Gasteiger partial charge in [0.05, 0.1) is 17.8 Å². The van der Waals surface area contributed by atoms with E-state index in [1.54, 1.807) is 13.0 Å². The number of carboxylic acids is 1. The van der Waals surface area contributed by atoms with Crippen LogP contribution in [-0.2, 0) is 6.54 Å². The predicted molar refractivity (Wildman–Crippen MR) is 76.0 cm³/mol. The van der Waals surface area contributed by atoms with Crippen molar-refractivity contribution >= 4 is 33.6 Å². The molecule has 0 spiro atoms. The molecule has 21 heavy (non-hydrogen) atoms. The molecule has 0 radical (unpaired) electrons. The van der Waals surface area contributed by atoms with E-state index in [-0.39, 0.29) is 17.8 Å². The third-order valence-corrected chi connectivity index (χ3v) is 2.93. The number of nitrogens with zero attached hydrogens (tertiary/aromatic N) is 2. The number of hydrogen-bond acceptors (Lipinski definition) is 5. The molecule has 1 heterocycles. The molecule has 0 fully saturated rings. The van der Waals surface area contributed by atoms with Crippen LogP contribution in [0.25, 0.3) is 0 Å². The van der Waals surface area contributed by atoms with Crippen LogP contribution in [0.5, 0.6) is 0 Å². The molecule has 3 N–H and O–H groups in total. The van der Waals surface area contributed by atoms with Crippen molar-refractivity contribution in [1.29, 1.82) is 0 Å². The number of hydrogen-bond donors (Lipinski definition) is 3. The van der Waals surface area contributed by atoms with E-state index in [0.29, 0.717) is 16.2 Å². The Labute approximate surface area is 127 Å². The molecule has 0 unspecified atom stereocenters. The van der Waals surface area contributed by atoms with Crippen LogP contribution in [0, 0.1) is 6.92 Å². The lowest BCUT2D eigenvalue weighted by molar-refractivity contribution is 0.0698. The number of anilines is 1. The van der Waals surface area contributed by atoms with E-state index in [2.05, 4.69) is 36.7 Å². The van der Waals surface area contributed by atoms with Gasteiger partial charge in [-0.05, 0) is 18.2 Å². The van der Waals surface area contributed by atoms with Gasteiger partial charge in [0.25, 0.3) is 0 Å². The van der Waals surface area contributed by atoms with Crippen LogP contribution in [0.1, 0.15) is 22.1 Å². The van der Waals surface area contributed by atoms with Crippen molar-refractivity contribution in [1.82, 2.24) is 15.5 Å². The highest BCUT2D eigenvalue weighted by atomic mass is 79.9. The first-order valence-corrected chi connectivity index (χ1v) is 6.62. The van der Waals surface area contributed by atoms with Crippen LogP contribution in [0.2, 0.25) is 0 Å². The highest BCUT2D eigenvalue weighted by Crippen LogP contribution is 2.21. The highest BCUT2D eigenvalue weighted by molar-refractivity contribution is 9.10. The quantitative estimate of drug-likeness (QED) is 0.774. The van der Waals surface area contributed by atoms with E-state index in [1.807, 2.05) is 0 Å². The van der Waals surface area contributed by atoms with Crippen molar-refractivity contribution < 1.29 is 19.2 Å². The Bertz CT molecular complexity index is 686. The number of amides is 2. The van der Waals surface area contributed by atoms with Gasteiger partial charge in [0.1, 0.15) is 0 Å². The van der Waals surface area contributed by atoms with Gasteiger partial charge in [0.2, 0.25) is 5.89 Å². The van der Waals surface area contributed by atoms with Crippen LogP contribution in [0.15, 0.2) is 27.2 Å². The predicted octanol–water partition coefficient (Wildman–Crippen LogP) is 2.16. The zero-order valence-corrected chi connectivity index (χ0v) is 12.5. The number of aryl methyl sites for hydroxylation is 1. The fourth-order valence-corrected chi connectivity index (χ4v) is 1.90. The third kappa shape index (κ3) is 4.02. The Hall–Kier alpha value is -2.42. The van der Waals surface area contributed by atoms with Crippen LogP contribution in [0.4, 0.5) is 10.5 Å². The SMILES string of the molecule is Cc1nc(CNC(=O)Nc2ccc(Br)cc2C(=O)O)no1. The molecule has 0 atom stereocenters. The van der Waals surface area contributed by atoms with E-state index in [1.165, 1.54) is 12.1 Å². The molecule has 0 saturated carbocycles. The number of aromatic carboxylic acids is 1. The summed E-state index contributed by atoms with van der Waals surface area (Å²) in [7, 11) is 0. The topological polar surface area (TPSA) is 117 Å². The van der Waals surface area contributed by atoms with Crippen LogP contribution >= 0.6 is 15.9 Å². The molecule has 0 aliphatic rings. The summed E-state index contributed by atoms with van der Waals surface area (Å²) in [6.45, 7) is 1.71. The lowest BCUT2D eigenvalue weighted by Crippen LogP contribution is -2.29. The molecule has 110 valence electrons. The molecule has 1 aromatic heterocycles. The van der Waals surface area contributed by atoms with Crippen LogP contribution < -0.4 is 10.6 Å². The van der Waals surface area contributed by atoms with E-state index in [9.17, 15) is 9.59 Å². The Balaban J connectivity index is 2.01. The van der Waals surface area contributed by atoms with Crippen molar-refractivity contribution in [2.24, 2.45) is 0 Å². The molecule has 2 amide bonds. The first kappa shape index (κ1) is 15.0. The Morgan fingerprint density at radius 2 is 2.19 bits per heavy atom. The Morgan fingerprint density at radius 3 is 2.81 bits per heavy atom. The summed E-state index contributed by atoms with van der Waals surface area (Å²) in [5.74, 6) is -0.411. The van der Waals surface area contributed by atoms with Crippen molar-refractivity contribution in [3.63, 3.8) is 0 Å². The van der Waals surface area contributed by atoms with Crippen molar-refractivity contribution in [2.75, 3.05) is 5.32 Å². The molecular formula is C12H11BrN4O4. The maximum atomic E-state index is 11.7. The largest absolute Gasteiger partial charge is 0.478 e. The molecule has 0 aliphatic carbocycles. The molecule has 2 aromatic rings. The number of carboxylic acid groups (broad SMARTS) is 1. The monoisotopic (exact) mass is 354 g/mol. The summed E-state index contributed by atoms with van der Waals surface area (Å²) in [5, 5.41) is 17.7. The number of rotatable bonds is 4. The Morgan fingerprint density at radius 1 is 1.43 bits per heavy atom. The average Bonchev–Trinajstić information content (AvgIpc) is 2.84. The summed E-state index contributed by atoms with van der Waals surface area (Å²) < 4.78 is 5.37. The standard InChI is InChI=1S/C12H11BrN4O4/c1-6-15-10(17-21-6)5-14-12(20)16-9-3-2-7(13)4-8(9)11(18)19/h2-4H,5H2,1H3,(H,18,19)(H2,14,16,20). The zero-order valence-electron chi connectivity index (χ0n) is 10.9. The summed E-state index contributed by atoms with van der Waals surface area (Å²) in [4.78, 5) is 26.8. The van der Waals surface area contributed by atoms with Gasteiger partial charge >= 0.3 is 12.0 Å². The van der Waals surface area contributed by atoms with Gasteiger partial charge in [-0.15, -0.1) is 0 Å². The number of nitrogens with one attached hydrogen (secondary N) is 2. The van der Waals surface area contributed by atoms with Gasteiger partial charge in [0.15, 0.2) is 5.82 Å². The average molecular weight is 355 g/mol. The second-order valence-corrected chi connectivity index (χ2v) is 4.95. The summed E-state index contributed by atoms with van der Waals surface area (Å²) >= 11 is 3.18. The minimum absolute atomic E-state index is 0.0186. The maximum absolute atomic E-state index is 11.7. The molecule has 2 rings (SSSR count). The van der Waals surface area contributed by atoms with Gasteiger partial charge in [-0.3, -0.25) is 0 Å². The smallest absolute Gasteiger partial charge is 0.337 e. The van der Waals surface area contributed by atoms with Gasteiger partial charge in [-0.1, -0.05) is 21.1 Å². The van der Waals surface area contributed by atoms with Crippen molar-refractivity contribution in [3.8, 4) is 0 Å². The Kier molecular flexibility index (Phi) is 4.53.